The first-order valence-corrected chi connectivity index (χ1v) is 7.49. The standard InChI is InChI=1S/C15H18N2OS.BrH/c1-10-2-4-12(5-3-10)14-13(15(18)17-19-14)11-6-8-16-9-7-11;/h2-5,11,16H,6-9H2,1H3,(H,17,18);1H. The quantitative estimate of drug-likeness (QED) is 0.860. The van der Waals surface area contributed by atoms with Crippen LogP contribution in [0.3, 0.4) is 0 Å². The zero-order valence-corrected chi connectivity index (χ0v) is 14.0. The van der Waals surface area contributed by atoms with Gasteiger partial charge in [-0.05, 0) is 55.9 Å². The largest absolute Gasteiger partial charge is 0.492 e. The Morgan fingerprint density at radius 2 is 1.85 bits per heavy atom. The van der Waals surface area contributed by atoms with Gasteiger partial charge in [0.2, 0.25) is 5.88 Å². The van der Waals surface area contributed by atoms with Crippen LogP contribution in [0.4, 0.5) is 0 Å². The van der Waals surface area contributed by atoms with E-state index >= 15 is 0 Å². The summed E-state index contributed by atoms with van der Waals surface area (Å²) in [6, 6.07) is 8.45. The Morgan fingerprint density at radius 1 is 1.20 bits per heavy atom. The van der Waals surface area contributed by atoms with Crippen molar-refractivity contribution in [3.8, 4) is 16.3 Å². The number of aromatic hydroxyl groups is 1. The minimum Gasteiger partial charge on any atom is -0.492 e. The van der Waals surface area contributed by atoms with Gasteiger partial charge in [0.15, 0.2) is 0 Å². The van der Waals surface area contributed by atoms with E-state index in [-0.39, 0.29) is 22.9 Å². The summed E-state index contributed by atoms with van der Waals surface area (Å²) in [5.74, 6) is 0.656. The van der Waals surface area contributed by atoms with Crippen LogP contribution in [0.1, 0.15) is 29.9 Å². The third-order valence-corrected chi connectivity index (χ3v) is 4.67. The Kier molecular flexibility index (Phi) is 5.18. The average molecular weight is 355 g/mol. The predicted octanol–water partition coefficient (Wildman–Crippen LogP) is 3.87. The van der Waals surface area contributed by atoms with Crippen molar-refractivity contribution < 1.29 is 5.11 Å². The van der Waals surface area contributed by atoms with Crippen molar-refractivity contribution in [3.63, 3.8) is 0 Å². The summed E-state index contributed by atoms with van der Waals surface area (Å²) in [5, 5.41) is 13.4. The van der Waals surface area contributed by atoms with E-state index in [1.54, 1.807) is 0 Å². The normalized spacial score (nSPS) is 15.8. The molecule has 0 aliphatic carbocycles. The molecule has 3 nitrogen and oxygen atoms in total. The Balaban J connectivity index is 0.00000147. The number of nitrogens with one attached hydrogen (secondary N) is 1. The molecule has 1 aromatic heterocycles. The summed E-state index contributed by atoms with van der Waals surface area (Å²) in [6.07, 6.45) is 2.15. The number of benzene rings is 1. The number of piperidine rings is 1. The molecule has 0 unspecified atom stereocenters. The summed E-state index contributed by atoms with van der Waals surface area (Å²) in [7, 11) is 0. The molecule has 2 aromatic rings. The van der Waals surface area contributed by atoms with E-state index in [9.17, 15) is 5.11 Å². The van der Waals surface area contributed by atoms with E-state index in [0.717, 1.165) is 41.9 Å². The molecule has 2 heterocycles. The van der Waals surface area contributed by atoms with E-state index in [4.69, 9.17) is 0 Å². The van der Waals surface area contributed by atoms with Crippen LogP contribution in [-0.2, 0) is 0 Å². The molecule has 0 amide bonds. The molecule has 1 saturated heterocycles. The molecule has 1 aliphatic heterocycles. The fourth-order valence-corrected chi connectivity index (χ4v) is 3.55. The lowest BCUT2D eigenvalue weighted by Crippen LogP contribution is -2.26. The molecule has 0 spiro atoms. The molecule has 5 heteroatoms. The lowest BCUT2D eigenvalue weighted by atomic mass is 9.89. The van der Waals surface area contributed by atoms with Crippen LogP contribution in [0.2, 0.25) is 0 Å². The highest BCUT2D eigenvalue weighted by atomic mass is 79.9. The van der Waals surface area contributed by atoms with Crippen molar-refractivity contribution in [1.82, 2.24) is 9.69 Å². The van der Waals surface area contributed by atoms with E-state index in [2.05, 4.69) is 40.9 Å². The van der Waals surface area contributed by atoms with E-state index < -0.39 is 0 Å². The van der Waals surface area contributed by atoms with Gasteiger partial charge in [0.05, 0.1) is 4.88 Å². The monoisotopic (exact) mass is 354 g/mol. The van der Waals surface area contributed by atoms with Gasteiger partial charge in [-0.2, -0.15) is 4.37 Å². The summed E-state index contributed by atoms with van der Waals surface area (Å²) in [5.41, 5.74) is 3.47. The maximum absolute atomic E-state index is 10.1. The van der Waals surface area contributed by atoms with Crippen molar-refractivity contribution in [1.29, 1.82) is 0 Å². The van der Waals surface area contributed by atoms with Crippen LogP contribution < -0.4 is 5.32 Å². The van der Waals surface area contributed by atoms with Gasteiger partial charge in [0.1, 0.15) is 0 Å². The maximum Gasteiger partial charge on any atom is 0.226 e. The number of hydrogen-bond donors (Lipinski definition) is 2. The molecule has 1 fully saturated rings. The fraction of sp³-hybridized carbons (Fsp3) is 0.400. The van der Waals surface area contributed by atoms with Gasteiger partial charge in [-0.3, -0.25) is 0 Å². The number of nitrogens with zero attached hydrogens (tertiary/aromatic N) is 1. The Morgan fingerprint density at radius 3 is 2.50 bits per heavy atom. The van der Waals surface area contributed by atoms with Crippen molar-refractivity contribution in [2.45, 2.75) is 25.7 Å². The minimum atomic E-state index is 0. The fourth-order valence-electron chi connectivity index (χ4n) is 2.68. The number of hydrogen-bond acceptors (Lipinski definition) is 4. The highest BCUT2D eigenvalue weighted by molar-refractivity contribution is 8.93. The first-order valence-electron chi connectivity index (χ1n) is 6.72. The zero-order valence-electron chi connectivity index (χ0n) is 11.4. The zero-order chi connectivity index (χ0) is 13.2. The third kappa shape index (κ3) is 3.05. The van der Waals surface area contributed by atoms with E-state index in [1.165, 1.54) is 17.1 Å². The molecular formula is C15H19BrN2OS. The number of aryl methyl sites for hydroxylation is 1. The highest BCUT2D eigenvalue weighted by Gasteiger charge is 2.25. The Bertz CT molecular complexity index is 562. The van der Waals surface area contributed by atoms with Gasteiger partial charge in [0, 0.05) is 5.56 Å². The average Bonchev–Trinajstić information content (AvgIpc) is 2.82. The highest BCUT2D eigenvalue weighted by Crippen LogP contribution is 2.42. The molecule has 108 valence electrons. The van der Waals surface area contributed by atoms with Gasteiger partial charge in [0.25, 0.3) is 0 Å². The molecule has 2 N–H and O–H groups in total. The third-order valence-electron chi connectivity index (χ3n) is 3.77. The number of rotatable bonds is 2. The molecule has 0 atom stereocenters. The minimum absolute atomic E-state index is 0. The van der Waals surface area contributed by atoms with Crippen LogP contribution in [0.15, 0.2) is 24.3 Å². The van der Waals surface area contributed by atoms with Gasteiger partial charge < -0.3 is 10.4 Å². The summed E-state index contributed by atoms with van der Waals surface area (Å²) in [6.45, 7) is 4.13. The molecular weight excluding hydrogens is 336 g/mol. The molecule has 0 radical (unpaired) electrons. The second kappa shape index (κ2) is 6.70. The second-order valence-electron chi connectivity index (χ2n) is 5.14. The maximum atomic E-state index is 10.1. The van der Waals surface area contributed by atoms with Crippen LogP contribution >= 0.6 is 28.5 Å². The van der Waals surface area contributed by atoms with Crippen LogP contribution in [-0.4, -0.2) is 22.6 Å². The Hall–Kier alpha value is -0.910. The van der Waals surface area contributed by atoms with Gasteiger partial charge in [-0.15, -0.1) is 17.0 Å². The molecule has 0 saturated carbocycles. The van der Waals surface area contributed by atoms with E-state index in [1.807, 2.05) is 0 Å². The van der Waals surface area contributed by atoms with Crippen molar-refractivity contribution in [3.05, 3.63) is 35.4 Å². The smallest absolute Gasteiger partial charge is 0.226 e. The first kappa shape index (κ1) is 15.5. The summed E-state index contributed by atoms with van der Waals surface area (Å²) >= 11 is 1.41. The molecule has 1 aromatic carbocycles. The molecule has 1 aliphatic rings. The summed E-state index contributed by atoms with van der Waals surface area (Å²) < 4.78 is 4.17. The predicted molar refractivity (Wildman–Crippen MR) is 89.1 cm³/mol. The first-order chi connectivity index (χ1) is 9.25. The van der Waals surface area contributed by atoms with Gasteiger partial charge >= 0.3 is 0 Å². The lowest BCUT2D eigenvalue weighted by Gasteiger charge is -2.23. The van der Waals surface area contributed by atoms with E-state index in [0.29, 0.717) is 5.92 Å². The lowest BCUT2D eigenvalue weighted by molar-refractivity contribution is 0.418. The molecule has 0 bridgehead atoms. The molecule has 20 heavy (non-hydrogen) atoms. The van der Waals surface area contributed by atoms with Gasteiger partial charge in [-0.25, -0.2) is 0 Å². The van der Waals surface area contributed by atoms with Crippen LogP contribution in [0, 0.1) is 6.92 Å². The SMILES string of the molecule is Br.Cc1ccc(-c2snc(O)c2C2CCNCC2)cc1. The van der Waals surface area contributed by atoms with Crippen molar-refractivity contribution in [2.75, 3.05) is 13.1 Å². The Labute approximate surface area is 134 Å². The van der Waals surface area contributed by atoms with Crippen LogP contribution in [0.5, 0.6) is 5.88 Å². The molecule has 3 rings (SSSR count). The number of aromatic nitrogens is 1. The van der Waals surface area contributed by atoms with Crippen LogP contribution in [0.25, 0.3) is 10.4 Å². The number of halogens is 1. The topological polar surface area (TPSA) is 45.2 Å². The van der Waals surface area contributed by atoms with Crippen molar-refractivity contribution in [2.24, 2.45) is 0 Å². The second-order valence-corrected chi connectivity index (χ2v) is 5.91. The summed E-state index contributed by atoms with van der Waals surface area (Å²) in [4.78, 5) is 1.13. The van der Waals surface area contributed by atoms with Gasteiger partial charge in [-0.1, -0.05) is 29.8 Å². The van der Waals surface area contributed by atoms with Crippen molar-refractivity contribution >= 4 is 28.5 Å².